The molecule has 1 N–H and O–H groups in total. The minimum Gasteiger partial charge on any atom is -0.341 e. The average Bonchev–Trinajstić information content (AvgIpc) is 3.38. The fourth-order valence-corrected chi connectivity index (χ4v) is 4.51. The second kappa shape index (κ2) is 9.43. The normalized spacial score (nSPS) is 13.6. The third-order valence-corrected chi connectivity index (χ3v) is 6.24. The minimum atomic E-state index is -0.270. The molecule has 7 nitrogen and oxygen atoms in total. The first-order valence-corrected chi connectivity index (χ1v) is 11.3. The number of carbonyl (C=O) groups excluding carboxylic acids is 1. The van der Waals surface area contributed by atoms with Crippen molar-refractivity contribution in [3.05, 3.63) is 51.6 Å². The van der Waals surface area contributed by atoms with Crippen molar-refractivity contribution < 1.29 is 4.79 Å². The molecular formula is C19H17Cl3N6OS. The third-order valence-electron chi connectivity index (χ3n) is 4.50. The molecule has 3 heterocycles. The lowest BCUT2D eigenvalue weighted by Crippen LogP contribution is -2.22. The zero-order valence-electron chi connectivity index (χ0n) is 15.7. The lowest BCUT2D eigenvalue weighted by atomic mass is 10.3. The number of nitrogens with zero attached hydrogens (tertiary/aromatic N) is 5. The Morgan fingerprint density at radius 3 is 2.60 bits per heavy atom. The molecule has 2 aromatic heterocycles. The Hall–Kier alpha value is -2.00. The van der Waals surface area contributed by atoms with Crippen LogP contribution in [0.2, 0.25) is 15.1 Å². The molecule has 0 saturated carbocycles. The number of hydrogen-bond donors (Lipinski definition) is 1. The number of carbonyl (C=O) groups is 1. The molecule has 156 valence electrons. The van der Waals surface area contributed by atoms with Gasteiger partial charge in [-0.25, -0.2) is 4.98 Å². The quantitative estimate of drug-likeness (QED) is 0.500. The number of aromatic nitrogens is 4. The highest BCUT2D eigenvalue weighted by Crippen LogP contribution is 2.32. The van der Waals surface area contributed by atoms with Gasteiger partial charge >= 0.3 is 0 Å². The Labute approximate surface area is 192 Å². The van der Waals surface area contributed by atoms with E-state index in [1.807, 2.05) is 28.8 Å². The number of para-hydroxylation sites is 1. The number of thioether (sulfide) groups is 1. The summed E-state index contributed by atoms with van der Waals surface area (Å²) in [5.74, 6) is 0.819. The van der Waals surface area contributed by atoms with Crippen molar-refractivity contribution in [1.82, 2.24) is 19.7 Å². The molecule has 1 fully saturated rings. The van der Waals surface area contributed by atoms with Gasteiger partial charge in [0, 0.05) is 19.3 Å². The van der Waals surface area contributed by atoms with Gasteiger partial charge in [0.15, 0.2) is 11.0 Å². The molecular weight excluding hydrogens is 467 g/mol. The molecule has 4 rings (SSSR count). The van der Waals surface area contributed by atoms with Crippen LogP contribution in [0, 0.1) is 0 Å². The van der Waals surface area contributed by atoms with Gasteiger partial charge in [-0.05, 0) is 31.0 Å². The van der Waals surface area contributed by atoms with E-state index in [2.05, 4.69) is 25.4 Å². The Morgan fingerprint density at radius 1 is 1.10 bits per heavy atom. The summed E-state index contributed by atoms with van der Waals surface area (Å²) in [6, 6.07) is 9.03. The summed E-state index contributed by atoms with van der Waals surface area (Å²) in [5.41, 5.74) is 0.774. The molecule has 0 unspecified atom stereocenters. The maximum absolute atomic E-state index is 12.4. The van der Waals surface area contributed by atoms with Crippen LogP contribution in [-0.2, 0) is 4.79 Å². The van der Waals surface area contributed by atoms with Crippen molar-refractivity contribution in [3.63, 3.8) is 0 Å². The van der Waals surface area contributed by atoms with Crippen molar-refractivity contribution in [2.24, 2.45) is 0 Å². The molecule has 1 aliphatic rings. The van der Waals surface area contributed by atoms with Crippen LogP contribution in [0.5, 0.6) is 0 Å². The summed E-state index contributed by atoms with van der Waals surface area (Å²) in [6.45, 7) is 1.82. The molecule has 11 heteroatoms. The SMILES string of the molecule is O=C(CSc1nnc(N2CCCC2)n1-c1ccccc1Cl)Nc1ncc(Cl)cc1Cl. The predicted molar refractivity (Wildman–Crippen MR) is 121 cm³/mol. The van der Waals surface area contributed by atoms with E-state index in [-0.39, 0.29) is 22.5 Å². The van der Waals surface area contributed by atoms with Crippen LogP contribution in [0.4, 0.5) is 11.8 Å². The molecule has 1 amide bonds. The standard InChI is InChI=1S/C19H17Cl3N6OS/c20-12-9-14(22)17(23-10-12)24-16(29)11-30-19-26-25-18(27-7-3-4-8-27)28(19)15-6-2-1-5-13(15)21/h1-2,5-6,9-10H,3-4,7-8,11H2,(H,23,24,29). The van der Waals surface area contributed by atoms with Crippen LogP contribution >= 0.6 is 46.6 Å². The summed E-state index contributed by atoms with van der Waals surface area (Å²) >= 11 is 19.6. The van der Waals surface area contributed by atoms with Gasteiger partial charge in [-0.1, -0.05) is 58.7 Å². The van der Waals surface area contributed by atoms with Crippen molar-refractivity contribution in [3.8, 4) is 5.69 Å². The summed E-state index contributed by atoms with van der Waals surface area (Å²) in [7, 11) is 0. The summed E-state index contributed by atoms with van der Waals surface area (Å²) in [5, 5.41) is 13.2. The number of anilines is 2. The Kier molecular flexibility index (Phi) is 6.67. The van der Waals surface area contributed by atoms with Gasteiger partial charge in [0.2, 0.25) is 11.9 Å². The predicted octanol–water partition coefficient (Wildman–Crippen LogP) is 4.95. The van der Waals surface area contributed by atoms with Gasteiger partial charge in [0.25, 0.3) is 0 Å². The zero-order chi connectivity index (χ0) is 21.1. The number of amides is 1. The molecule has 0 aliphatic carbocycles. The second-order valence-electron chi connectivity index (χ2n) is 6.58. The number of halogens is 3. The number of hydrogen-bond acceptors (Lipinski definition) is 6. The van der Waals surface area contributed by atoms with Crippen molar-refractivity contribution >= 4 is 64.2 Å². The molecule has 0 bridgehead atoms. The first-order valence-electron chi connectivity index (χ1n) is 9.22. The molecule has 1 aliphatic heterocycles. The number of rotatable bonds is 6. The van der Waals surface area contributed by atoms with E-state index < -0.39 is 0 Å². The fraction of sp³-hybridized carbons (Fsp3) is 0.263. The van der Waals surface area contributed by atoms with Crippen LogP contribution in [0.15, 0.2) is 41.7 Å². The molecule has 0 spiro atoms. The Bertz CT molecular complexity index is 1070. The van der Waals surface area contributed by atoms with E-state index in [0.29, 0.717) is 15.2 Å². The van der Waals surface area contributed by atoms with Crippen molar-refractivity contribution in [1.29, 1.82) is 0 Å². The van der Waals surface area contributed by atoms with Gasteiger partial charge in [-0.3, -0.25) is 9.36 Å². The fourth-order valence-electron chi connectivity index (χ4n) is 3.13. The Morgan fingerprint density at radius 2 is 1.87 bits per heavy atom. The summed E-state index contributed by atoms with van der Waals surface area (Å²) in [4.78, 5) is 18.7. The summed E-state index contributed by atoms with van der Waals surface area (Å²) < 4.78 is 1.90. The zero-order valence-corrected chi connectivity index (χ0v) is 18.8. The van der Waals surface area contributed by atoms with Gasteiger partial charge in [-0.2, -0.15) is 0 Å². The summed E-state index contributed by atoms with van der Waals surface area (Å²) in [6.07, 6.45) is 3.64. The van der Waals surface area contributed by atoms with E-state index in [1.54, 1.807) is 0 Å². The number of nitrogens with one attached hydrogen (secondary N) is 1. The monoisotopic (exact) mass is 482 g/mol. The van der Waals surface area contributed by atoms with E-state index >= 15 is 0 Å². The minimum absolute atomic E-state index is 0.100. The molecule has 0 atom stereocenters. The molecule has 0 radical (unpaired) electrons. The molecule has 1 saturated heterocycles. The van der Waals surface area contributed by atoms with Gasteiger partial charge in [0.1, 0.15) is 0 Å². The van der Waals surface area contributed by atoms with Crippen LogP contribution in [0.1, 0.15) is 12.8 Å². The van der Waals surface area contributed by atoms with Gasteiger partial charge in [0.05, 0.1) is 26.5 Å². The van der Waals surface area contributed by atoms with Gasteiger partial charge in [-0.15, -0.1) is 10.2 Å². The molecule has 1 aromatic carbocycles. The van der Waals surface area contributed by atoms with Crippen LogP contribution < -0.4 is 10.2 Å². The molecule has 30 heavy (non-hydrogen) atoms. The lowest BCUT2D eigenvalue weighted by molar-refractivity contribution is -0.113. The largest absolute Gasteiger partial charge is 0.341 e. The third kappa shape index (κ3) is 4.67. The highest BCUT2D eigenvalue weighted by atomic mass is 35.5. The van der Waals surface area contributed by atoms with Crippen LogP contribution in [0.25, 0.3) is 5.69 Å². The van der Waals surface area contributed by atoms with Crippen molar-refractivity contribution in [2.75, 3.05) is 29.1 Å². The molecule has 3 aromatic rings. The maximum atomic E-state index is 12.4. The first kappa shape index (κ1) is 21.2. The van der Waals surface area contributed by atoms with E-state index in [9.17, 15) is 4.79 Å². The second-order valence-corrected chi connectivity index (χ2v) is 8.78. The highest BCUT2D eigenvalue weighted by Gasteiger charge is 2.24. The van der Waals surface area contributed by atoms with E-state index in [4.69, 9.17) is 34.8 Å². The Balaban J connectivity index is 1.55. The number of pyridine rings is 1. The maximum Gasteiger partial charge on any atom is 0.236 e. The van der Waals surface area contributed by atoms with E-state index in [0.717, 1.165) is 37.6 Å². The van der Waals surface area contributed by atoms with Crippen LogP contribution in [0.3, 0.4) is 0 Å². The smallest absolute Gasteiger partial charge is 0.236 e. The van der Waals surface area contributed by atoms with Gasteiger partial charge < -0.3 is 10.2 Å². The lowest BCUT2D eigenvalue weighted by Gasteiger charge is -2.19. The first-order chi connectivity index (χ1) is 14.5. The van der Waals surface area contributed by atoms with Crippen molar-refractivity contribution in [2.45, 2.75) is 18.0 Å². The topological polar surface area (TPSA) is 75.9 Å². The average molecular weight is 484 g/mol. The van der Waals surface area contributed by atoms with Crippen LogP contribution in [-0.4, -0.2) is 44.5 Å². The highest BCUT2D eigenvalue weighted by molar-refractivity contribution is 7.99. The van der Waals surface area contributed by atoms with E-state index in [1.165, 1.54) is 24.0 Å². The number of benzene rings is 1.